The Labute approximate surface area is 233 Å². The molecule has 0 saturated carbocycles. The van der Waals surface area contributed by atoms with Gasteiger partial charge in [-0.3, -0.25) is 19.5 Å². The standard InChI is InChI=1S/C30H25N3O6S/c1-37-20-11-8-18(9-12-20)28-22-13-10-17-6-4-5-7-21(17)27(22)31-30-32(28)29(34)26(40-30)15-19-14-24(38-2)25(39-3)16-23(19)33(35)36/h4-9,11-12,14-16,28H,10,13H2,1-3H3/b26-15-/t28-/m1/s1. The number of nitrogens with zero attached hydrogens (tertiary/aromatic N) is 3. The first-order chi connectivity index (χ1) is 19.4. The lowest BCUT2D eigenvalue weighted by atomic mass is 9.83. The summed E-state index contributed by atoms with van der Waals surface area (Å²) in [4.78, 5) is 31.0. The van der Waals surface area contributed by atoms with E-state index in [1.165, 1.54) is 49.3 Å². The molecule has 3 aromatic carbocycles. The minimum Gasteiger partial charge on any atom is -0.497 e. The number of allylic oxidation sites excluding steroid dienone is 1. The van der Waals surface area contributed by atoms with E-state index in [1.54, 1.807) is 11.7 Å². The van der Waals surface area contributed by atoms with Gasteiger partial charge in [0.05, 0.1) is 54.2 Å². The molecule has 1 aromatic heterocycles. The molecular formula is C30H25N3O6S. The number of aryl methyl sites for hydroxylation is 1. The van der Waals surface area contributed by atoms with Crippen molar-refractivity contribution in [3.8, 4) is 17.2 Å². The summed E-state index contributed by atoms with van der Waals surface area (Å²) in [6.07, 6.45) is 3.14. The van der Waals surface area contributed by atoms with Gasteiger partial charge in [-0.05, 0) is 53.8 Å². The number of hydrogen-bond donors (Lipinski definition) is 0. The zero-order valence-corrected chi connectivity index (χ0v) is 22.9. The molecule has 1 aliphatic carbocycles. The van der Waals surface area contributed by atoms with Gasteiger partial charge in [0.25, 0.3) is 11.2 Å². The highest BCUT2D eigenvalue weighted by Gasteiger charge is 2.32. The number of thiazole rings is 1. The number of benzene rings is 3. The molecule has 6 rings (SSSR count). The molecule has 10 heteroatoms. The van der Waals surface area contributed by atoms with E-state index in [4.69, 9.17) is 19.2 Å². The second kappa shape index (κ2) is 10.1. The number of rotatable bonds is 6. The van der Waals surface area contributed by atoms with Crippen molar-refractivity contribution in [3.05, 3.63) is 118 Å². The highest BCUT2D eigenvalue weighted by Crippen LogP contribution is 2.41. The Kier molecular flexibility index (Phi) is 6.47. The molecule has 0 spiro atoms. The summed E-state index contributed by atoms with van der Waals surface area (Å²) in [5.41, 5.74) is 4.96. The third-order valence-electron chi connectivity index (χ3n) is 7.32. The molecule has 0 amide bonds. The van der Waals surface area contributed by atoms with Crippen LogP contribution >= 0.6 is 11.3 Å². The molecule has 2 heterocycles. The second-order valence-electron chi connectivity index (χ2n) is 9.41. The summed E-state index contributed by atoms with van der Waals surface area (Å²) in [7, 11) is 4.49. The fourth-order valence-corrected chi connectivity index (χ4v) is 6.40. The summed E-state index contributed by atoms with van der Waals surface area (Å²) in [5, 5.41) is 11.9. The second-order valence-corrected chi connectivity index (χ2v) is 10.4. The Bertz CT molecular complexity index is 1870. The first-order valence-corrected chi connectivity index (χ1v) is 13.4. The van der Waals surface area contributed by atoms with Crippen molar-refractivity contribution in [2.75, 3.05) is 21.3 Å². The van der Waals surface area contributed by atoms with E-state index in [0.717, 1.165) is 41.0 Å². The molecule has 0 N–H and O–H groups in total. The molecule has 9 nitrogen and oxygen atoms in total. The highest BCUT2D eigenvalue weighted by atomic mass is 32.1. The van der Waals surface area contributed by atoms with Gasteiger partial charge in [0.1, 0.15) is 5.75 Å². The van der Waals surface area contributed by atoms with Gasteiger partial charge in [-0.1, -0.05) is 47.7 Å². The smallest absolute Gasteiger partial charge is 0.280 e. The molecule has 1 atom stereocenters. The minimum absolute atomic E-state index is 0.191. The number of aromatic nitrogens is 1. The summed E-state index contributed by atoms with van der Waals surface area (Å²) < 4.78 is 18.0. The lowest BCUT2D eigenvalue weighted by Crippen LogP contribution is -2.38. The monoisotopic (exact) mass is 555 g/mol. The molecule has 2 aliphatic rings. The molecule has 40 heavy (non-hydrogen) atoms. The molecule has 4 aromatic rings. The van der Waals surface area contributed by atoms with Crippen LogP contribution in [-0.2, 0) is 6.42 Å². The van der Waals surface area contributed by atoms with Crippen LogP contribution in [0.1, 0.15) is 34.7 Å². The van der Waals surface area contributed by atoms with E-state index in [2.05, 4.69) is 12.1 Å². The average molecular weight is 556 g/mol. The van der Waals surface area contributed by atoms with Gasteiger partial charge in [-0.15, -0.1) is 0 Å². The zero-order valence-electron chi connectivity index (χ0n) is 22.0. The summed E-state index contributed by atoms with van der Waals surface area (Å²) in [5.74, 6) is 1.29. The predicted molar refractivity (Wildman–Crippen MR) is 152 cm³/mol. The first kappa shape index (κ1) is 25.6. The van der Waals surface area contributed by atoms with Crippen LogP contribution in [0.15, 0.2) is 76.0 Å². The quantitative estimate of drug-likeness (QED) is 0.260. The van der Waals surface area contributed by atoms with Crippen molar-refractivity contribution in [1.82, 2.24) is 4.57 Å². The topological polar surface area (TPSA) is 105 Å². The van der Waals surface area contributed by atoms with Crippen molar-refractivity contribution in [1.29, 1.82) is 0 Å². The van der Waals surface area contributed by atoms with E-state index in [1.807, 2.05) is 36.4 Å². The van der Waals surface area contributed by atoms with E-state index < -0.39 is 4.92 Å². The Hall–Kier alpha value is -4.70. The van der Waals surface area contributed by atoms with Crippen LogP contribution in [0.3, 0.4) is 0 Å². The van der Waals surface area contributed by atoms with Crippen molar-refractivity contribution < 1.29 is 19.1 Å². The normalized spacial score (nSPS) is 16.0. The number of nitro benzene ring substituents is 1. The molecule has 0 fully saturated rings. The maximum Gasteiger partial charge on any atom is 0.280 e. The van der Waals surface area contributed by atoms with Gasteiger partial charge in [-0.25, -0.2) is 4.99 Å². The molecule has 0 saturated heterocycles. The van der Waals surface area contributed by atoms with Gasteiger partial charge in [0, 0.05) is 5.56 Å². The van der Waals surface area contributed by atoms with E-state index in [-0.39, 0.29) is 28.6 Å². The summed E-state index contributed by atoms with van der Waals surface area (Å²) in [6.45, 7) is 0. The SMILES string of the molecule is COc1ccc([C@@H]2C3=C(N=c4s/c(=C\c5cc(OC)c(OC)cc5[N+](=O)[O-])c(=O)n42)c2ccccc2CC3)cc1. The van der Waals surface area contributed by atoms with Gasteiger partial charge in [0.2, 0.25) is 0 Å². The van der Waals surface area contributed by atoms with E-state index in [0.29, 0.717) is 15.1 Å². The molecular weight excluding hydrogens is 530 g/mol. The maximum absolute atomic E-state index is 14.0. The largest absolute Gasteiger partial charge is 0.497 e. The summed E-state index contributed by atoms with van der Waals surface area (Å²) >= 11 is 1.21. The van der Waals surface area contributed by atoms with Crippen LogP contribution in [0.25, 0.3) is 11.8 Å². The van der Waals surface area contributed by atoms with Crippen LogP contribution in [0.4, 0.5) is 5.69 Å². The van der Waals surface area contributed by atoms with Crippen LogP contribution in [0, 0.1) is 10.1 Å². The van der Waals surface area contributed by atoms with E-state index in [9.17, 15) is 14.9 Å². The lowest BCUT2D eigenvalue weighted by molar-refractivity contribution is -0.385. The third kappa shape index (κ3) is 4.17. The van der Waals surface area contributed by atoms with Gasteiger partial charge in [-0.2, -0.15) is 0 Å². The number of ether oxygens (including phenoxy) is 3. The molecule has 1 aliphatic heterocycles. The van der Waals surface area contributed by atoms with Crippen LogP contribution in [0.5, 0.6) is 17.2 Å². The molecule has 0 radical (unpaired) electrons. The van der Waals surface area contributed by atoms with Crippen molar-refractivity contribution in [2.24, 2.45) is 4.99 Å². The summed E-state index contributed by atoms with van der Waals surface area (Å²) in [6, 6.07) is 18.4. The Balaban J connectivity index is 1.61. The predicted octanol–water partition coefficient (Wildman–Crippen LogP) is 4.25. The first-order valence-electron chi connectivity index (χ1n) is 12.6. The Morgan fingerprint density at radius 3 is 2.42 bits per heavy atom. The van der Waals surface area contributed by atoms with Crippen LogP contribution in [-0.4, -0.2) is 30.8 Å². The van der Waals surface area contributed by atoms with Crippen molar-refractivity contribution >= 4 is 28.8 Å². The van der Waals surface area contributed by atoms with Crippen molar-refractivity contribution in [2.45, 2.75) is 18.9 Å². The van der Waals surface area contributed by atoms with Crippen molar-refractivity contribution in [3.63, 3.8) is 0 Å². The molecule has 202 valence electrons. The van der Waals surface area contributed by atoms with Crippen LogP contribution in [0.2, 0.25) is 0 Å². The van der Waals surface area contributed by atoms with Gasteiger partial charge < -0.3 is 14.2 Å². The van der Waals surface area contributed by atoms with Gasteiger partial charge >= 0.3 is 0 Å². The van der Waals surface area contributed by atoms with E-state index >= 15 is 0 Å². The Morgan fingerprint density at radius 2 is 1.73 bits per heavy atom. The fourth-order valence-electron chi connectivity index (χ4n) is 5.41. The minimum atomic E-state index is -0.499. The number of nitro groups is 1. The fraction of sp³-hybridized carbons (Fsp3) is 0.200. The Morgan fingerprint density at radius 1 is 1.00 bits per heavy atom. The highest BCUT2D eigenvalue weighted by molar-refractivity contribution is 7.07. The van der Waals surface area contributed by atoms with Gasteiger partial charge in [0.15, 0.2) is 16.3 Å². The average Bonchev–Trinajstić information content (AvgIpc) is 3.29. The van der Waals surface area contributed by atoms with Crippen LogP contribution < -0.4 is 29.1 Å². The number of methoxy groups -OCH3 is 3. The molecule has 0 unspecified atom stereocenters. The third-order valence-corrected chi connectivity index (χ3v) is 8.30. The number of hydrogen-bond acceptors (Lipinski definition) is 8. The zero-order chi connectivity index (χ0) is 28.0. The maximum atomic E-state index is 14.0. The lowest BCUT2D eigenvalue weighted by Gasteiger charge is -2.30. The molecule has 0 bridgehead atoms. The number of fused-ring (bicyclic) bond motifs is 3.